The van der Waals surface area contributed by atoms with Gasteiger partial charge in [-0.05, 0) is 48.5 Å². The van der Waals surface area contributed by atoms with E-state index in [0.717, 1.165) is 22.3 Å². The minimum Gasteiger partial charge on any atom is -0.491 e. The van der Waals surface area contributed by atoms with E-state index in [2.05, 4.69) is 0 Å². The molecule has 0 radical (unpaired) electrons. The molecule has 11 heterocycles. The standard InChI is InChI=1S/C50H60O16/c1-5-37-25-41(9-1)55-21-17-51-13-14-52-18-22-56-43-11-3-7-39(27-43)47-63-33-50(34-64-47)35-65-48(66-36-50)40-8-4-12-44(28-40)58-24-20-54-16-15-53-19-23-57-42-10-2-6-38(26-42)46-61-31-49(32-62-46)29-59-45(37)60-30-49/h1-12,25-28,45-48H,13-24,29-36H2. The molecular formula is C50H60O16. The lowest BCUT2D eigenvalue weighted by Crippen LogP contribution is -2.49. The van der Waals surface area contributed by atoms with E-state index in [1.54, 1.807) is 0 Å². The van der Waals surface area contributed by atoms with Gasteiger partial charge in [0, 0.05) is 22.3 Å². The smallest absolute Gasteiger partial charge is 0.183 e. The van der Waals surface area contributed by atoms with Crippen molar-refractivity contribution in [3.05, 3.63) is 119 Å². The average Bonchev–Trinajstić information content (AvgIpc) is 3.36. The van der Waals surface area contributed by atoms with Gasteiger partial charge in [0.15, 0.2) is 25.2 Å². The molecule has 4 aromatic rings. The summed E-state index contributed by atoms with van der Waals surface area (Å²) >= 11 is 0. The first kappa shape index (κ1) is 46.7. The van der Waals surface area contributed by atoms with E-state index in [1.807, 2.05) is 97.1 Å². The summed E-state index contributed by atoms with van der Waals surface area (Å²) in [5.41, 5.74) is 2.67. The SMILES string of the molecule is c1cc2cc(c1)C1OCC3(CO1)COC(OC3)c1cccc(c1)OCCOCCOCCOc1cccc(c1)C1OCC3(COC(OC3)c3cccc(c3)OCCOCCOCCO2)CO1. The maximum atomic E-state index is 6.21. The summed E-state index contributed by atoms with van der Waals surface area (Å²) in [7, 11) is 0. The summed E-state index contributed by atoms with van der Waals surface area (Å²) in [6, 6.07) is 30.9. The van der Waals surface area contributed by atoms with Gasteiger partial charge < -0.3 is 75.8 Å². The summed E-state index contributed by atoms with van der Waals surface area (Å²) in [4.78, 5) is 0. The summed E-state index contributed by atoms with van der Waals surface area (Å²) in [6.45, 7) is 8.36. The Hall–Kier alpha value is -4.40. The van der Waals surface area contributed by atoms with Crippen LogP contribution in [0.5, 0.6) is 23.0 Å². The molecule has 0 atom stereocenters. The van der Waals surface area contributed by atoms with Crippen LogP contribution in [0.15, 0.2) is 97.1 Å². The molecule has 11 aliphatic heterocycles. The van der Waals surface area contributed by atoms with Crippen LogP contribution in [0.4, 0.5) is 0 Å². The molecule has 11 aliphatic rings. The van der Waals surface area contributed by atoms with Crippen LogP contribution >= 0.6 is 0 Å². The molecule has 66 heavy (non-hydrogen) atoms. The van der Waals surface area contributed by atoms with Crippen molar-refractivity contribution in [3.63, 3.8) is 0 Å². The number of hydrogen-bond donors (Lipinski definition) is 0. The zero-order chi connectivity index (χ0) is 44.7. The summed E-state index contributed by atoms with van der Waals surface area (Å²) in [6.07, 6.45) is -2.09. The highest BCUT2D eigenvalue weighted by molar-refractivity contribution is 5.32. The van der Waals surface area contributed by atoms with E-state index in [1.165, 1.54) is 0 Å². The molecule has 16 heteroatoms. The molecular weight excluding hydrogens is 857 g/mol. The Morgan fingerprint density at radius 2 is 0.485 bits per heavy atom. The zero-order valence-corrected chi connectivity index (χ0v) is 37.2. The van der Waals surface area contributed by atoms with Crippen LogP contribution in [0.25, 0.3) is 0 Å². The number of rotatable bonds is 0. The van der Waals surface area contributed by atoms with Gasteiger partial charge >= 0.3 is 0 Å². The second-order valence-corrected chi connectivity index (χ2v) is 16.9. The van der Waals surface area contributed by atoms with Crippen LogP contribution in [0, 0.1) is 10.8 Å². The average molecular weight is 917 g/mol. The number of benzene rings is 4. The van der Waals surface area contributed by atoms with Gasteiger partial charge in [0.25, 0.3) is 0 Å². The third kappa shape index (κ3) is 13.0. The summed E-state index contributed by atoms with van der Waals surface area (Å²) in [5.74, 6) is 2.82. The molecule has 0 aliphatic carbocycles. The number of hydrogen-bond acceptors (Lipinski definition) is 16. The zero-order valence-electron chi connectivity index (χ0n) is 37.2. The molecule has 4 saturated heterocycles. The van der Waals surface area contributed by atoms with Crippen molar-refractivity contribution in [2.45, 2.75) is 25.2 Å². The Morgan fingerprint density at radius 3 is 0.712 bits per heavy atom. The molecule has 2 spiro atoms. The fraction of sp³-hybridized carbons (Fsp3) is 0.520. The second kappa shape index (κ2) is 23.6. The van der Waals surface area contributed by atoms with Gasteiger partial charge in [-0.2, -0.15) is 0 Å². The van der Waals surface area contributed by atoms with Crippen molar-refractivity contribution in [2.75, 3.05) is 132 Å². The fourth-order valence-corrected chi connectivity index (χ4v) is 8.00. The Labute approximate surface area is 385 Å². The molecule has 16 nitrogen and oxygen atoms in total. The predicted molar refractivity (Wildman–Crippen MR) is 234 cm³/mol. The van der Waals surface area contributed by atoms with Crippen LogP contribution in [0.1, 0.15) is 47.4 Å². The monoisotopic (exact) mass is 916 g/mol. The summed E-state index contributed by atoms with van der Waals surface area (Å²) < 4.78 is 96.5. The highest BCUT2D eigenvalue weighted by atomic mass is 16.7. The molecule has 0 aromatic heterocycles. The first-order valence-electron chi connectivity index (χ1n) is 22.7. The van der Waals surface area contributed by atoms with Crippen molar-refractivity contribution < 1.29 is 75.8 Å². The van der Waals surface area contributed by atoms with E-state index in [0.29, 0.717) is 155 Å². The lowest BCUT2D eigenvalue weighted by molar-refractivity contribution is -0.307. The maximum absolute atomic E-state index is 6.21. The normalized spacial score (nSPS) is 29.1. The first-order chi connectivity index (χ1) is 32.6. The van der Waals surface area contributed by atoms with Gasteiger partial charge in [-0.3, -0.25) is 0 Å². The third-order valence-electron chi connectivity index (χ3n) is 11.6. The first-order valence-corrected chi connectivity index (χ1v) is 22.7. The van der Waals surface area contributed by atoms with Crippen molar-refractivity contribution in [1.29, 1.82) is 0 Å². The van der Waals surface area contributed by atoms with E-state index in [4.69, 9.17) is 75.8 Å². The Kier molecular flexibility index (Phi) is 16.7. The van der Waals surface area contributed by atoms with Crippen LogP contribution in [-0.2, 0) is 56.8 Å². The lowest BCUT2D eigenvalue weighted by atomic mass is 9.90. The predicted octanol–water partition coefficient (Wildman–Crippen LogP) is 6.54. The topological polar surface area (TPSA) is 148 Å². The van der Waals surface area contributed by atoms with Crippen LogP contribution in [0.2, 0.25) is 0 Å². The van der Waals surface area contributed by atoms with E-state index >= 15 is 0 Å². The summed E-state index contributed by atoms with van der Waals surface area (Å²) in [5, 5.41) is 0. The maximum Gasteiger partial charge on any atom is 0.183 e. The van der Waals surface area contributed by atoms with Crippen molar-refractivity contribution in [2.24, 2.45) is 10.8 Å². The molecule has 4 fully saturated rings. The van der Waals surface area contributed by atoms with Gasteiger partial charge in [-0.15, -0.1) is 0 Å². The molecule has 4 aromatic carbocycles. The largest absolute Gasteiger partial charge is 0.491 e. The lowest BCUT2D eigenvalue weighted by Gasteiger charge is -2.43. The van der Waals surface area contributed by atoms with Crippen LogP contribution < -0.4 is 18.9 Å². The van der Waals surface area contributed by atoms with E-state index < -0.39 is 36.0 Å². The Morgan fingerprint density at radius 1 is 0.273 bits per heavy atom. The third-order valence-corrected chi connectivity index (χ3v) is 11.6. The van der Waals surface area contributed by atoms with E-state index in [-0.39, 0.29) is 0 Å². The highest BCUT2D eigenvalue weighted by Crippen LogP contribution is 2.41. The number of ether oxygens (including phenoxy) is 16. The molecule has 0 saturated carbocycles. The highest BCUT2D eigenvalue weighted by Gasteiger charge is 2.44. The van der Waals surface area contributed by atoms with Gasteiger partial charge in [0.05, 0.1) is 117 Å². The van der Waals surface area contributed by atoms with E-state index in [9.17, 15) is 0 Å². The molecule has 14 bridgehead atoms. The van der Waals surface area contributed by atoms with Gasteiger partial charge in [0.1, 0.15) is 49.4 Å². The molecule has 0 amide bonds. The van der Waals surface area contributed by atoms with Crippen molar-refractivity contribution >= 4 is 0 Å². The van der Waals surface area contributed by atoms with Gasteiger partial charge in [0.2, 0.25) is 0 Å². The van der Waals surface area contributed by atoms with Crippen molar-refractivity contribution in [1.82, 2.24) is 0 Å². The fourth-order valence-electron chi connectivity index (χ4n) is 8.00. The minimum absolute atomic E-state index is 0.385. The van der Waals surface area contributed by atoms with Crippen molar-refractivity contribution in [3.8, 4) is 23.0 Å². The minimum atomic E-state index is -0.523. The quantitative estimate of drug-likeness (QED) is 0.188. The molecule has 0 N–H and O–H groups in total. The van der Waals surface area contributed by atoms with Crippen LogP contribution in [0.3, 0.4) is 0 Å². The Bertz CT molecular complexity index is 1770. The van der Waals surface area contributed by atoms with Gasteiger partial charge in [-0.1, -0.05) is 48.5 Å². The second-order valence-electron chi connectivity index (χ2n) is 16.9. The van der Waals surface area contributed by atoms with Gasteiger partial charge in [-0.25, -0.2) is 0 Å². The van der Waals surface area contributed by atoms with Crippen LogP contribution in [-0.4, -0.2) is 132 Å². The molecule has 15 rings (SSSR count). The molecule has 356 valence electrons. The molecule has 0 unspecified atom stereocenters. The Balaban J connectivity index is 0.750.